The molecule has 36 heavy (non-hydrogen) atoms. The standard InChI is InChI=1S/C26H24Cl2FN3O4/c1-14(21-19(27)8-9-20(29)22(21)28)36-24-23-17(12-32-25(24)30)18(13-35-23)15-4-6-16(7-5-15)26(33)31-10-3-11-34-2/h4-9,12-14H,3,10-11H2,1-2H3,(H2,30,32)(H,31,33)/t14-/m1/s1. The molecular formula is C26H24Cl2FN3O4. The molecule has 0 aliphatic heterocycles. The van der Waals surface area contributed by atoms with Crippen LogP contribution in [0, 0.1) is 5.82 Å². The number of methoxy groups -OCH3 is 1. The lowest BCUT2D eigenvalue weighted by molar-refractivity contribution is 0.0948. The number of aromatic nitrogens is 1. The van der Waals surface area contributed by atoms with E-state index in [-0.39, 0.29) is 33.1 Å². The predicted octanol–water partition coefficient (Wildman–Crippen LogP) is 6.43. The maximum absolute atomic E-state index is 14.0. The summed E-state index contributed by atoms with van der Waals surface area (Å²) in [6.45, 7) is 2.78. The molecule has 0 fully saturated rings. The summed E-state index contributed by atoms with van der Waals surface area (Å²) in [6, 6.07) is 9.71. The van der Waals surface area contributed by atoms with E-state index in [9.17, 15) is 9.18 Å². The van der Waals surface area contributed by atoms with E-state index in [4.69, 9.17) is 42.8 Å². The second-order valence-electron chi connectivity index (χ2n) is 8.06. The fourth-order valence-electron chi connectivity index (χ4n) is 3.79. The molecule has 1 atom stereocenters. The van der Waals surface area contributed by atoms with Crippen LogP contribution in [0.4, 0.5) is 10.2 Å². The van der Waals surface area contributed by atoms with E-state index in [0.717, 1.165) is 17.5 Å². The Morgan fingerprint density at radius 1 is 1.22 bits per heavy atom. The highest BCUT2D eigenvalue weighted by Gasteiger charge is 2.23. The number of ether oxygens (including phenoxy) is 2. The molecule has 0 radical (unpaired) electrons. The Bertz CT molecular complexity index is 1390. The van der Waals surface area contributed by atoms with E-state index in [1.54, 1.807) is 38.6 Å². The molecule has 4 rings (SSSR count). The SMILES string of the molecule is COCCCNC(=O)c1ccc(-c2coc3c(O[C@H](C)c4c(Cl)ccc(F)c4Cl)c(N)ncc23)cc1. The van der Waals surface area contributed by atoms with Gasteiger partial charge in [-0.2, -0.15) is 0 Å². The Kier molecular flexibility index (Phi) is 7.98. The number of furan rings is 1. The van der Waals surface area contributed by atoms with Crippen LogP contribution in [0.3, 0.4) is 0 Å². The van der Waals surface area contributed by atoms with Crippen LogP contribution in [0.15, 0.2) is 53.3 Å². The van der Waals surface area contributed by atoms with Crippen molar-refractivity contribution in [3.8, 4) is 16.9 Å². The van der Waals surface area contributed by atoms with Crippen molar-refractivity contribution in [2.45, 2.75) is 19.4 Å². The Labute approximate surface area is 217 Å². The lowest BCUT2D eigenvalue weighted by atomic mass is 10.0. The van der Waals surface area contributed by atoms with Crippen molar-refractivity contribution >= 4 is 45.9 Å². The van der Waals surface area contributed by atoms with Gasteiger partial charge in [-0.3, -0.25) is 4.79 Å². The fraction of sp³-hybridized carbons (Fsp3) is 0.231. The molecule has 1 amide bonds. The van der Waals surface area contributed by atoms with Crippen molar-refractivity contribution in [3.63, 3.8) is 0 Å². The first-order valence-electron chi connectivity index (χ1n) is 11.1. The Morgan fingerprint density at radius 3 is 2.69 bits per heavy atom. The molecule has 0 saturated carbocycles. The number of rotatable bonds is 9. The van der Waals surface area contributed by atoms with Crippen molar-refractivity contribution in [2.24, 2.45) is 0 Å². The van der Waals surface area contributed by atoms with Gasteiger partial charge in [0.15, 0.2) is 11.4 Å². The van der Waals surface area contributed by atoms with Crippen LogP contribution < -0.4 is 15.8 Å². The summed E-state index contributed by atoms with van der Waals surface area (Å²) in [5.74, 6) is -0.485. The molecule has 0 unspecified atom stereocenters. The van der Waals surface area contributed by atoms with Crippen LogP contribution in [0.2, 0.25) is 10.0 Å². The maximum atomic E-state index is 14.0. The number of hydrogen-bond donors (Lipinski definition) is 2. The van der Waals surface area contributed by atoms with E-state index in [1.807, 2.05) is 12.1 Å². The Morgan fingerprint density at radius 2 is 1.97 bits per heavy atom. The Hall–Kier alpha value is -3.33. The molecule has 3 N–H and O–H groups in total. The third-order valence-electron chi connectivity index (χ3n) is 5.65. The molecule has 2 aromatic carbocycles. The normalized spacial score (nSPS) is 12.0. The van der Waals surface area contributed by atoms with Gasteiger partial charge in [-0.1, -0.05) is 35.3 Å². The number of nitrogens with two attached hydrogens (primary N) is 1. The van der Waals surface area contributed by atoms with Gasteiger partial charge in [0.1, 0.15) is 11.9 Å². The summed E-state index contributed by atoms with van der Waals surface area (Å²) >= 11 is 12.4. The highest BCUT2D eigenvalue weighted by Crippen LogP contribution is 2.41. The van der Waals surface area contributed by atoms with Gasteiger partial charge in [0.25, 0.3) is 5.91 Å². The molecule has 4 aromatic rings. The van der Waals surface area contributed by atoms with Gasteiger partial charge in [-0.05, 0) is 43.2 Å². The zero-order valence-corrected chi connectivity index (χ0v) is 21.1. The van der Waals surface area contributed by atoms with Crippen molar-refractivity contribution in [3.05, 3.63) is 75.8 Å². The summed E-state index contributed by atoms with van der Waals surface area (Å²) in [4.78, 5) is 16.6. The quantitative estimate of drug-likeness (QED) is 0.190. The van der Waals surface area contributed by atoms with Crippen molar-refractivity contribution < 1.29 is 23.1 Å². The summed E-state index contributed by atoms with van der Waals surface area (Å²) in [7, 11) is 1.62. The van der Waals surface area contributed by atoms with Gasteiger partial charge in [-0.25, -0.2) is 9.37 Å². The van der Waals surface area contributed by atoms with E-state index >= 15 is 0 Å². The molecule has 0 saturated heterocycles. The number of nitrogen functional groups attached to an aromatic ring is 1. The monoisotopic (exact) mass is 531 g/mol. The molecule has 188 valence electrons. The van der Waals surface area contributed by atoms with Gasteiger partial charge in [0.2, 0.25) is 5.75 Å². The summed E-state index contributed by atoms with van der Waals surface area (Å²) < 4.78 is 30.9. The first-order valence-corrected chi connectivity index (χ1v) is 11.9. The van der Waals surface area contributed by atoms with E-state index in [0.29, 0.717) is 29.7 Å². The first kappa shape index (κ1) is 25.8. The summed E-state index contributed by atoms with van der Waals surface area (Å²) in [6.07, 6.45) is 3.13. The average Bonchev–Trinajstić information content (AvgIpc) is 3.30. The van der Waals surface area contributed by atoms with Crippen LogP contribution in [0.5, 0.6) is 5.75 Å². The van der Waals surface area contributed by atoms with Gasteiger partial charge in [0.05, 0.1) is 16.7 Å². The maximum Gasteiger partial charge on any atom is 0.251 e. The predicted molar refractivity (Wildman–Crippen MR) is 138 cm³/mol. The fourth-order valence-corrected chi connectivity index (χ4v) is 4.47. The van der Waals surface area contributed by atoms with E-state index in [1.165, 1.54) is 12.1 Å². The van der Waals surface area contributed by atoms with Crippen LogP contribution in [-0.4, -0.2) is 31.2 Å². The summed E-state index contributed by atoms with van der Waals surface area (Å²) in [5.41, 5.74) is 8.83. The zero-order valence-electron chi connectivity index (χ0n) is 19.6. The second kappa shape index (κ2) is 11.2. The third kappa shape index (κ3) is 5.26. The van der Waals surface area contributed by atoms with Crippen LogP contribution in [-0.2, 0) is 4.74 Å². The third-order valence-corrected chi connectivity index (χ3v) is 6.36. The number of carbonyl (C=O) groups is 1. The highest BCUT2D eigenvalue weighted by atomic mass is 35.5. The largest absolute Gasteiger partial charge is 0.478 e. The molecule has 7 nitrogen and oxygen atoms in total. The minimum atomic E-state index is -0.745. The average molecular weight is 532 g/mol. The molecular weight excluding hydrogens is 508 g/mol. The minimum Gasteiger partial charge on any atom is -0.478 e. The molecule has 0 spiro atoms. The number of fused-ring (bicyclic) bond motifs is 1. The summed E-state index contributed by atoms with van der Waals surface area (Å²) in [5, 5.41) is 3.64. The van der Waals surface area contributed by atoms with Crippen LogP contribution >= 0.6 is 23.2 Å². The lowest BCUT2D eigenvalue weighted by Crippen LogP contribution is -2.25. The lowest BCUT2D eigenvalue weighted by Gasteiger charge is -2.18. The molecule has 0 aliphatic rings. The van der Waals surface area contributed by atoms with Crippen LogP contribution in [0.1, 0.15) is 35.4 Å². The number of anilines is 1. The van der Waals surface area contributed by atoms with E-state index in [2.05, 4.69) is 10.3 Å². The Balaban J connectivity index is 1.60. The zero-order chi connectivity index (χ0) is 25.8. The minimum absolute atomic E-state index is 0.0967. The smallest absolute Gasteiger partial charge is 0.251 e. The topological polar surface area (TPSA) is 99.6 Å². The van der Waals surface area contributed by atoms with Gasteiger partial charge >= 0.3 is 0 Å². The molecule has 10 heteroatoms. The van der Waals surface area contributed by atoms with Gasteiger partial charge in [-0.15, -0.1) is 0 Å². The number of nitrogens with zero attached hydrogens (tertiary/aromatic N) is 1. The van der Waals surface area contributed by atoms with Gasteiger partial charge < -0.3 is 24.9 Å². The molecule has 0 bridgehead atoms. The molecule has 2 aromatic heterocycles. The second-order valence-corrected chi connectivity index (χ2v) is 8.85. The number of benzene rings is 2. The van der Waals surface area contributed by atoms with E-state index < -0.39 is 11.9 Å². The van der Waals surface area contributed by atoms with Crippen molar-refractivity contribution in [1.82, 2.24) is 10.3 Å². The number of nitrogens with one attached hydrogen (secondary N) is 1. The number of amides is 1. The first-order chi connectivity index (χ1) is 17.3. The van der Waals surface area contributed by atoms with Gasteiger partial charge in [0, 0.05) is 48.2 Å². The molecule has 2 heterocycles. The highest BCUT2D eigenvalue weighted by molar-refractivity contribution is 6.36. The number of carbonyl (C=O) groups excluding carboxylic acids is 1. The van der Waals surface area contributed by atoms with Crippen LogP contribution in [0.25, 0.3) is 22.1 Å². The number of pyridine rings is 1. The molecule has 0 aliphatic carbocycles. The van der Waals surface area contributed by atoms with Crippen molar-refractivity contribution in [1.29, 1.82) is 0 Å². The number of hydrogen-bond acceptors (Lipinski definition) is 6. The number of halogens is 3. The van der Waals surface area contributed by atoms with Crippen molar-refractivity contribution in [2.75, 3.05) is 26.0 Å².